The third-order valence-electron chi connectivity index (χ3n) is 6.51. The molecule has 2 aromatic rings. The van der Waals surface area contributed by atoms with Crippen molar-refractivity contribution in [3.05, 3.63) is 47.5 Å². The van der Waals surface area contributed by atoms with Gasteiger partial charge in [0.1, 0.15) is 16.4 Å². The van der Waals surface area contributed by atoms with Crippen molar-refractivity contribution >= 4 is 15.7 Å². The molecule has 0 amide bonds. The van der Waals surface area contributed by atoms with E-state index in [1.165, 1.54) is 16.4 Å². The van der Waals surface area contributed by atoms with Gasteiger partial charge >= 0.3 is 0 Å². The number of hydrogen-bond acceptors (Lipinski definition) is 8. The topological polar surface area (TPSA) is 139 Å². The van der Waals surface area contributed by atoms with Crippen molar-refractivity contribution in [3.63, 3.8) is 0 Å². The van der Waals surface area contributed by atoms with Crippen LogP contribution in [0.2, 0.25) is 0 Å². The molecule has 0 bridgehead atoms. The minimum absolute atomic E-state index is 0.191. The molecule has 0 aromatic heterocycles. The first-order chi connectivity index (χ1) is 15.6. The lowest BCUT2D eigenvalue weighted by Gasteiger charge is -2.34. The molecule has 180 valence electrons. The number of sulfonamides is 1. The van der Waals surface area contributed by atoms with Gasteiger partial charge in [-0.05, 0) is 55.2 Å². The van der Waals surface area contributed by atoms with E-state index in [0.717, 1.165) is 48.8 Å². The molecule has 9 nitrogen and oxygen atoms in total. The minimum atomic E-state index is -3.90. The Kier molecular flexibility index (Phi) is 6.83. The van der Waals surface area contributed by atoms with Crippen LogP contribution in [0.5, 0.6) is 11.5 Å². The van der Waals surface area contributed by atoms with Gasteiger partial charge in [0.25, 0.3) is 0 Å². The van der Waals surface area contributed by atoms with Gasteiger partial charge in [-0.25, -0.2) is 8.42 Å². The molecule has 10 heteroatoms. The maximum Gasteiger partial charge on any atom is 0.247 e. The second-order valence-electron chi connectivity index (χ2n) is 9.03. The second kappa shape index (κ2) is 9.47. The predicted octanol–water partition coefficient (Wildman–Crippen LogP) is 1.39. The molecular formula is C23H32N4O5S. The first-order valence-corrected chi connectivity index (χ1v) is 12.6. The standard InChI is InChI=1S/C23H32N4O5S/c1-15(28)21(24)14-26-8-6-18(7-9-26)25-19-3-2-16-12-27(13-17(16)10-19)33(31,32)23-5-4-20(29)11-22(23)30/h2-5,10-11,15,18,21,25,28-30H,6-9,12-14,24H2,1H3. The van der Waals surface area contributed by atoms with E-state index in [1.807, 2.05) is 18.2 Å². The Morgan fingerprint density at radius 2 is 1.79 bits per heavy atom. The Bertz CT molecular complexity index is 1100. The Hall–Kier alpha value is -2.37. The number of hydrogen-bond donors (Lipinski definition) is 5. The van der Waals surface area contributed by atoms with Gasteiger partial charge in [0, 0.05) is 56.6 Å². The average molecular weight is 477 g/mol. The number of benzene rings is 2. The van der Waals surface area contributed by atoms with Crippen molar-refractivity contribution in [3.8, 4) is 11.5 Å². The van der Waals surface area contributed by atoms with Gasteiger partial charge in [-0.3, -0.25) is 0 Å². The van der Waals surface area contributed by atoms with E-state index in [1.54, 1.807) is 6.92 Å². The van der Waals surface area contributed by atoms with Gasteiger partial charge in [-0.15, -0.1) is 0 Å². The molecule has 2 aliphatic rings. The largest absolute Gasteiger partial charge is 0.508 e. The number of piperidine rings is 1. The number of phenolic OH excluding ortho intramolecular Hbond substituents is 2. The zero-order chi connectivity index (χ0) is 23.8. The zero-order valence-electron chi connectivity index (χ0n) is 18.7. The fraction of sp³-hybridized carbons (Fsp3) is 0.478. The summed E-state index contributed by atoms with van der Waals surface area (Å²) in [5.41, 5.74) is 8.80. The molecule has 0 aliphatic carbocycles. The van der Waals surface area contributed by atoms with E-state index >= 15 is 0 Å². The lowest BCUT2D eigenvalue weighted by atomic mass is 10.0. The number of nitrogens with two attached hydrogens (primary N) is 1. The summed E-state index contributed by atoms with van der Waals surface area (Å²) in [5, 5.41) is 32.7. The van der Waals surface area contributed by atoms with Crippen molar-refractivity contribution < 1.29 is 23.7 Å². The van der Waals surface area contributed by atoms with E-state index in [4.69, 9.17) is 5.73 Å². The molecular weight excluding hydrogens is 444 g/mol. The Morgan fingerprint density at radius 3 is 2.45 bits per heavy atom. The summed E-state index contributed by atoms with van der Waals surface area (Å²) >= 11 is 0. The van der Waals surface area contributed by atoms with Crippen molar-refractivity contribution in [1.29, 1.82) is 0 Å². The molecule has 6 N–H and O–H groups in total. The molecule has 2 unspecified atom stereocenters. The summed E-state index contributed by atoms with van der Waals surface area (Å²) in [4.78, 5) is 2.06. The fourth-order valence-corrected chi connectivity index (χ4v) is 5.89. The summed E-state index contributed by atoms with van der Waals surface area (Å²) in [6.07, 6.45) is 1.41. The quantitative estimate of drug-likeness (QED) is 0.404. The Balaban J connectivity index is 1.37. The van der Waals surface area contributed by atoms with Crippen LogP contribution < -0.4 is 11.1 Å². The van der Waals surface area contributed by atoms with E-state index in [-0.39, 0.29) is 29.8 Å². The van der Waals surface area contributed by atoms with Gasteiger partial charge in [0.15, 0.2) is 0 Å². The van der Waals surface area contributed by atoms with Crippen LogP contribution in [-0.2, 0) is 23.1 Å². The lowest BCUT2D eigenvalue weighted by molar-refractivity contribution is 0.122. The first kappa shape index (κ1) is 23.8. The van der Waals surface area contributed by atoms with Gasteiger partial charge < -0.3 is 31.3 Å². The maximum absolute atomic E-state index is 13.0. The van der Waals surface area contributed by atoms with Crippen LogP contribution in [0.4, 0.5) is 5.69 Å². The fourth-order valence-electron chi connectivity index (χ4n) is 4.43. The summed E-state index contributed by atoms with van der Waals surface area (Å²) in [6.45, 7) is 4.68. The molecule has 2 atom stereocenters. The summed E-state index contributed by atoms with van der Waals surface area (Å²) in [5.74, 6) is -0.655. The number of aliphatic hydroxyl groups excluding tert-OH is 1. The molecule has 0 radical (unpaired) electrons. The second-order valence-corrected chi connectivity index (χ2v) is 10.9. The van der Waals surface area contributed by atoms with Crippen LogP contribution in [0.25, 0.3) is 0 Å². The number of anilines is 1. The highest BCUT2D eigenvalue weighted by atomic mass is 32.2. The number of nitrogens with one attached hydrogen (secondary N) is 1. The van der Waals surface area contributed by atoms with Gasteiger partial charge in [-0.1, -0.05) is 6.07 Å². The van der Waals surface area contributed by atoms with Gasteiger partial charge in [0.05, 0.1) is 6.10 Å². The number of fused-ring (bicyclic) bond motifs is 1. The maximum atomic E-state index is 13.0. The van der Waals surface area contributed by atoms with Crippen LogP contribution in [0.3, 0.4) is 0 Å². The molecule has 4 rings (SSSR count). The SMILES string of the molecule is CC(O)C(N)CN1CCC(Nc2ccc3c(c2)CN(S(=O)(=O)c2ccc(O)cc2O)C3)CC1. The van der Waals surface area contributed by atoms with Crippen LogP contribution in [0.1, 0.15) is 30.9 Å². The summed E-state index contributed by atoms with van der Waals surface area (Å²) < 4.78 is 27.4. The average Bonchev–Trinajstić information content (AvgIpc) is 3.19. The van der Waals surface area contributed by atoms with Crippen molar-refractivity contribution in [2.75, 3.05) is 25.0 Å². The van der Waals surface area contributed by atoms with Gasteiger partial charge in [-0.2, -0.15) is 4.31 Å². The molecule has 0 spiro atoms. The monoisotopic (exact) mass is 476 g/mol. The number of aliphatic hydroxyl groups is 1. The van der Waals surface area contributed by atoms with Crippen LogP contribution in [0, 0.1) is 0 Å². The van der Waals surface area contributed by atoms with Crippen LogP contribution >= 0.6 is 0 Å². The predicted molar refractivity (Wildman–Crippen MR) is 125 cm³/mol. The third-order valence-corrected chi connectivity index (χ3v) is 8.35. The van der Waals surface area contributed by atoms with Crippen molar-refractivity contribution in [2.24, 2.45) is 5.73 Å². The Morgan fingerprint density at radius 1 is 1.09 bits per heavy atom. The zero-order valence-corrected chi connectivity index (χ0v) is 19.5. The highest BCUT2D eigenvalue weighted by Crippen LogP contribution is 2.35. The number of likely N-dealkylation sites (tertiary alicyclic amines) is 1. The molecule has 1 saturated heterocycles. The smallest absolute Gasteiger partial charge is 0.247 e. The number of rotatable bonds is 7. The number of aromatic hydroxyl groups is 2. The van der Waals surface area contributed by atoms with E-state index < -0.39 is 21.9 Å². The third kappa shape index (κ3) is 5.25. The molecule has 2 heterocycles. The highest BCUT2D eigenvalue weighted by molar-refractivity contribution is 7.89. The first-order valence-electron chi connectivity index (χ1n) is 11.2. The van der Waals surface area contributed by atoms with Crippen LogP contribution in [0.15, 0.2) is 41.3 Å². The van der Waals surface area contributed by atoms with Crippen molar-refractivity contribution in [1.82, 2.24) is 9.21 Å². The molecule has 2 aliphatic heterocycles. The number of phenols is 2. The van der Waals surface area contributed by atoms with Crippen LogP contribution in [-0.4, -0.2) is 70.8 Å². The van der Waals surface area contributed by atoms with Gasteiger partial charge in [0.2, 0.25) is 10.0 Å². The normalized spacial score (nSPS) is 19.8. The molecule has 1 fully saturated rings. The minimum Gasteiger partial charge on any atom is -0.508 e. The molecule has 0 saturated carbocycles. The lowest BCUT2D eigenvalue weighted by Crippen LogP contribution is -2.48. The summed E-state index contributed by atoms with van der Waals surface area (Å²) in [6, 6.07) is 9.49. The summed E-state index contributed by atoms with van der Waals surface area (Å²) in [7, 11) is -3.90. The number of nitrogens with zero attached hydrogens (tertiary/aromatic N) is 2. The van der Waals surface area contributed by atoms with E-state index in [0.29, 0.717) is 12.6 Å². The van der Waals surface area contributed by atoms with E-state index in [2.05, 4.69) is 10.2 Å². The van der Waals surface area contributed by atoms with E-state index in [9.17, 15) is 23.7 Å². The molecule has 33 heavy (non-hydrogen) atoms. The van der Waals surface area contributed by atoms with Crippen molar-refractivity contribution in [2.45, 2.75) is 55.9 Å². The molecule has 2 aromatic carbocycles. The Labute approximate surface area is 194 Å². The highest BCUT2D eigenvalue weighted by Gasteiger charge is 2.33.